The SMILES string of the molecule is c1ccc(-c2cccc(-c3nc(-c4cccc(-c5ccccc5)c4)nc(-c4cc(-c5cc(-c6ccccn6)nc(-c6ccccn6)c5)cc(-c5cc(-c6ccccn6)nc(-c6ccccn6)c5)c4)n3)c2)cc1. The Balaban J connectivity index is 1.11. The van der Waals surface area contributed by atoms with Crippen LogP contribution in [-0.2, 0) is 0 Å². The van der Waals surface area contributed by atoms with Crippen LogP contribution in [0, 0.1) is 0 Å². The second-order valence-corrected chi connectivity index (χ2v) is 17.1. The van der Waals surface area contributed by atoms with Crippen molar-refractivity contribution in [1.29, 1.82) is 0 Å². The highest BCUT2D eigenvalue weighted by atomic mass is 15.0. The van der Waals surface area contributed by atoms with Crippen LogP contribution in [0.15, 0.2) is 249 Å². The molecule has 338 valence electrons. The summed E-state index contributed by atoms with van der Waals surface area (Å²) in [5.41, 5.74) is 16.2. The topological polar surface area (TPSA) is 116 Å². The first-order valence-electron chi connectivity index (χ1n) is 23.6. The van der Waals surface area contributed by atoms with Crippen molar-refractivity contribution in [2.75, 3.05) is 0 Å². The molecule has 0 saturated heterocycles. The molecule has 7 aromatic heterocycles. The number of aromatic nitrogens is 9. The second-order valence-electron chi connectivity index (χ2n) is 17.1. The lowest BCUT2D eigenvalue weighted by atomic mass is 9.94. The van der Waals surface area contributed by atoms with E-state index in [1.807, 2.05) is 109 Å². The van der Waals surface area contributed by atoms with Gasteiger partial charge in [-0.05, 0) is 148 Å². The summed E-state index contributed by atoms with van der Waals surface area (Å²) in [6, 6.07) is 75.6. The van der Waals surface area contributed by atoms with Crippen molar-refractivity contribution in [2.45, 2.75) is 0 Å². The number of hydrogen-bond acceptors (Lipinski definition) is 9. The van der Waals surface area contributed by atoms with Crippen molar-refractivity contribution >= 4 is 0 Å². The Labute approximate surface area is 416 Å². The largest absolute Gasteiger partial charge is 0.255 e. The molecule has 5 aromatic carbocycles. The summed E-state index contributed by atoms with van der Waals surface area (Å²) in [7, 11) is 0. The first-order valence-corrected chi connectivity index (χ1v) is 23.6. The van der Waals surface area contributed by atoms with Gasteiger partial charge in [0.25, 0.3) is 0 Å². The van der Waals surface area contributed by atoms with Gasteiger partial charge in [0.15, 0.2) is 17.5 Å². The summed E-state index contributed by atoms with van der Waals surface area (Å²) >= 11 is 0. The van der Waals surface area contributed by atoms with E-state index in [1.54, 1.807) is 24.8 Å². The van der Waals surface area contributed by atoms with Crippen molar-refractivity contribution in [1.82, 2.24) is 44.9 Å². The number of hydrogen-bond donors (Lipinski definition) is 0. The van der Waals surface area contributed by atoms with Crippen LogP contribution in [0.3, 0.4) is 0 Å². The summed E-state index contributed by atoms with van der Waals surface area (Å²) in [4.78, 5) is 45.1. The fourth-order valence-electron chi connectivity index (χ4n) is 8.77. The Bertz CT molecular complexity index is 3480. The van der Waals surface area contributed by atoms with Crippen LogP contribution in [-0.4, -0.2) is 44.9 Å². The van der Waals surface area contributed by atoms with Crippen molar-refractivity contribution in [3.63, 3.8) is 0 Å². The Morgan fingerprint density at radius 1 is 0.167 bits per heavy atom. The highest BCUT2D eigenvalue weighted by Gasteiger charge is 2.19. The van der Waals surface area contributed by atoms with E-state index < -0.39 is 0 Å². The van der Waals surface area contributed by atoms with Gasteiger partial charge in [0.2, 0.25) is 0 Å². The highest BCUT2D eigenvalue weighted by molar-refractivity contribution is 5.85. The van der Waals surface area contributed by atoms with Crippen LogP contribution in [0.25, 0.3) is 124 Å². The molecular formula is C63H41N9. The molecule has 0 aliphatic carbocycles. The highest BCUT2D eigenvalue weighted by Crippen LogP contribution is 2.38. The molecule has 12 aromatic rings. The minimum Gasteiger partial charge on any atom is -0.255 e. The molecule has 9 heteroatoms. The van der Waals surface area contributed by atoms with Gasteiger partial charge in [-0.3, -0.25) is 19.9 Å². The molecule has 12 rings (SSSR count). The number of rotatable bonds is 11. The standard InChI is InChI=1S/C63H41N9/c1-3-17-42(18-4-1)44-21-15-23-46(33-44)61-70-62(47-24-16-22-45(34-47)43-19-5-2-6-20-43)72-63(71-61)52-36-48(50-38-57(53-25-7-11-29-64-53)68-58(39-50)54-26-8-12-30-65-54)35-49(37-52)51-40-59(55-27-9-13-31-66-55)69-60(41-51)56-28-10-14-32-67-56/h1-41H. The van der Waals surface area contributed by atoms with Gasteiger partial charge in [-0.1, -0.05) is 121 Å². The molecule has 9 nitrogen and oxygen atoms in total. The molecule has 0 atom stereocenters. The van der Waals surface area contributed by atoms with Crippen LogP contribution in [0.2, 0.25) is 0 Å². The third kappa shape index (κ3) is 9.29. The van der Waals surface area contributed by atoms with Crippen LogP contribution in [0.1, 0.15) is 0 Å². The fourth-order valence-corrected chi connectivity index (χ4v) is 8.77. The maximum atomic E-state index is 5.36. The van der Waals surface area contributed by atoms with Crippen LogP contribution < -0.4 is 0 Å². The average molecular weight is 924 g/mol. The van der Waals surface area contributed by atoms with E-state index in [0.29, 0.717) is 40.2 Å². The molecule has 0 aliphatic heterocycles. The van der Waals surface area contributed by atoms with Crippen molar-refractivity contribution in [3.8, 4) is 124 Å². The van der Waals surface area contributed by atoms with Gasteiger partial charge in [0.1, 0.15) is 0 Å². The molecule has 0 radical (unpaired) electrons. The van der Waals surface area contributed by atoms with Crippen molar-refractivity contribution < 1.29 is 0 Å². The Kier molecular flexibility index (Phi) is 11.8. The predicted octanol–water partition coefficient (Wildman–Crippen LogP) is 14.6. The van der Waals surface area contributed by atoms with Crippen molar-refractivity contribution in [2.24, 2.45) is 0 Å². The predicted molar refractivity (Wildman–Crippen MR) is 286 cm³/mol. The van der Waals surface area contributed by atoms with Crippen LogP contribution in [0.5, 0.6) is 0 Å². The van der Waals surface area contributed by atoms with Gasteiger partial charge in [0.05, 0.1) is 45.6 Å². The normalized spacial score (nSPS) is 11.1. The number of pyridine rings is 6. The summed E-state index contributed by atoms with van der Waals surface area (Å²) in [5, 5.41) is 0. The summed E-state index contributed by atoms with van der Waals surface area (Å²) in [6.45, 7) is 0. The minimum absolute atomic E-state index is 0.501. The third-order valence-electron chi connectivity index (χ3n) is 12.3. The van der Waals surface area contributed by atoms with E-state index in [2.05, 4.69) is 115 Å². The lowest BCUT2D eigenvalue weighted by Gasteiger charge is -2.15. The van der Waals surface area contributed by atoms with E-state index in [9.17, 15) is 0 Å². The first kappa shape index (κ1) is 43.3. The molecule has 0 fully saturated rings. The van der Waals surface area contributed by atoms with E-state index in [0.717, 1.165) is 84.0 Å². The lowest BCUT2D eigenvalue weighted by Crippen LogP contribution is -2.01. The maximum Gasteiger partial charge on any atom is 0.164 e. The summed E-state index contributed by atoms with van der Waals surface area (Å²) < 4.78 is 0. The molecular weight excluding hydrogens is 883 g/mol. The zero-order chi connectivity index (χ0) is 48.1. The van der Waals surface area contributed by atoms with Gasteiger partial charge >= 0.3 is 0 Å². The molecule has 0 amide bonds. The minimum atomic E-state index is 0.501. The zero-order valence-corrected chi connectivity index (χ0v) is 38.7. The molecule has 0 saturated carbocycles. The van der Waals surface area contributed by atoms with E-state index in [-0.39, 0.29) is 0 Å². The maximum absolute atomic E-state index is 5.36. The Morgan fingerprint density at radius 2 is 0.444 bits per heavy atom. The lowest BCUT2D eigenvalue weighted by molar-refractivity contribution is 1.07. The van der Waals surface area contributed by atoms with E-state index in [4.69, 9.17) is 44.9 Å². The van der Waals surface area contributed by atoms with Crippen molar-refractivity contribution in [3.05, 3.63) is 249 Å². The number of benzene rings is 5. The zero-order valence-electron chi connectivity index (χ0n) is 38.7. The van der Waals surface area contributed by atoms with Crippen LogP contribution >= 0.6 is 0 Å². The molecule has 72 heavy (non-hydrogen) atoms. The van der Waals surface area contributed by atoms with Gasteiger partial charge in [0, 0.05) is 41.5 Å². The molecule has 0 spiro atoms. The quantitative estimate of drug-likeness (QED) is 0.125. The second kappa shape index (κ2) is 19.6. The van der Waals surface area contributed by atoms with Gasteiger partial charge in [-0.15, -0.1) is 0 Å². The Hall–Kier alpha value is -9.99. The summed E-state index contributed by atoms with van der Waals surface area (Å²) in [5.74, 6) is 1.59. The molecule has 0 aliphatic rings. The third-order valence-corrected chi connectivity index (χ3v) is 12.3. The van der Waals surface area contributed by atoms with Gasteiger partial charge in [-0.25, -0.2) is 24.9 Å². The molecule has 0 bridgehead atoms. The van der Waals surface area contributed by atoms with Gasteiger partial charge in [-0.2, -0.15) is 0 Å². The van der Waals surface area contributed by atoms with E-state index >= 15 is 0 Å². The van der Waals surface area contributed by atoms with E-state index in [1.165, 1.54) is 0 Å². The monoisotopic (exact) mass is 923 g/mol. The molecule has 0 unspecified atom stereocenters. The fraction of sp³-hybridized carbons (Fsp3) is 0. The molecule has 7 heterocycles. The van der Waals surface area contributed by atoms with Crippen LogP contribution in [0.4, 0.5) is 0 Å². The first-order chi connectivity index (χ1) is 35.6. The Morgan fingerprint density at radius 3 is 0.792 bits per heavy atom. The number of nitrogens with zero attached hydrogens (tertiary/aromatic N) is 9. The average Bonchev–Trinajstić information content (AvgIpc) is 3.48. The smallest absolute Gasteiger partial charge is 0.164 e. The van der Waals surface area contributed by atoms with Gasteiger partial charge < -0.3 is 0 Å². The molecule has 0 N–H and O–H groups in total. The summed E-state index contributed by atoms with van der Waals surface area (Å²) in [6.07, 6.45) is 7.13.